The Labute approximate surface area is 77.7 Å². The first-order chi connectivity index (χ1) is 6.15. The molecular formula is C9H16N2O2. The molecule has 1 heterocycles. The third-order valence-electron chi connectivity index (χ3n) is 3.59. The summed E-state index contributed by atoms with van der Waals surface area (Å²) in [5, 5.41) is 8.98. The lowest BCUT2D eigenvalue weighted by molar-refractivity contribution is -0.124. The highest BCUT2D eigenvalue weighted by molar-refractivity contribution is 5.80. The van der Waals surface area contributed by atoms with Crippen LogP contribution in [0.1, 0.15) is 6.92 Å². The van der Waals surface area contributed by atoms with Crippen molar-refractivity contribution in [2.45, 2.75) is 13.0 Å². The number of hydrogen-bond donors (Lipinski definition) is 2. The van der Waals surface area contributed by atoms with Gasteiger partial charge in [-0.15, -0.1) is 0 Å². The molecule has 13 heavy (non-hydrogen) atoms. The van der Waals surface area contributed by atoms with Gasteiger partial charge in [-0.1, -0.05) is 6.92 Å². The predicted octanol–water partition coefficient (Wildman–Crippen LogP) is -0.970. The second kappa shape index (κ2) is 2.96. The minimum atomic E-state index is -0.458. The maximum Gasteiger partial charge on any atom is 0.237 e. The molecule has 0 aromatic carbocycles. The van der Waals surface area contributed by atoms with Crippen LogP contribution in [0.3, 0.4) is 0 Å². The molecule has 2 fully saturated rings. The molecule has 0 aromatic heterocycles. The first kappa shape index (κ1) is 8.97. The Morgan fingerprint density at radius 3 is 2.54 bits per heavy atom. The van der Waals surface area contributed by atoms with Gasteiger partial charge in [-0.3, -0.25) is 9.69 Å². The number of amides is 1. The summed E-state index contributed by atoms with van der Waals surface area (Å²) >= 11 is 0. The zero-order valence-electron chi connectivity index (χ0n) is 7.81. The van der Waals surface area contributed by atoms with Crippen LogP contribution >= 0.6 is 0 Å². The summed E-state index contributed by atoms with van der Waals surface area (Å²) in [7, 11) is 0. The third kappa shape index (κ3) is 1.34. The fraction of sp³-hybridized carbons (Fsp3) is 0.889. The molecule has 0 aromatic rings. The molecule has 1 saturated heterocycles. The number of fused-ring (bicyclic) bond motifs is 1. The van der Waals surface area contributed by atoms with Gasteiger partial charge in [0.15, 0.2) is 0 Å². The Balaban J connectivity index is 1.93. The van der Waals surface area contributed by atoms with Gasteiger partial charge in [0.1, 0.15) is 6.04 Å². The van der Waals surface area contributed by atoms with Gasteiger partial charge in [0.05, 0.1) is 6.61 Å². The Bertz CT molecular complexity index is 220. The molecule has 0 bridgehead atoms. The molecule has 1 amide bonds. The van der Waals surface area contributed by atoms with Gasteiger partial charge in [0.25, 0.3) is 0 Å². The maximum absolute atomic E-state index is 10.9. The van der Waals surface area contributed by atoms with Crippen molar-refractivity contribution in [3.63, 3.8) is 0 Å². The number of carbonyl (C=O) groups excluding carboxylic acids is 1. The van der Waals surface area contributed by atoms with Crippen molar-refractivity contribution in [2.75, 3.05) is 19.7 Å². The summed E-state index contributed by atoms with van der Waals surface area (Å²) in [5.41, 5.74) is 5.18. The van der Waals surface area contributed by atoms with E-state index in [4.69, 9.17) is 10.8 Å². The van der Waals surface area contributed by atoms with Crippen LogP contribution in [0, 0.1) is 17.8 Å². The zero-order valence-corrected chi connectivity index (χ0v) is 7.81. The molecule has 3 N–H and O–H groups in total. The second-order valence-electron chi connectivity index (χ2n) is 4.24. The van der Waals surface area contributed by atoms with Gasteiger partial charge < -0.3 is 10.8 Å². The lowest BCUT2D eigenvalue weighted by Crippen LogP contribution is -2.47. The molecule has 1 aliphatic carbocycles. The van der Waals surface area contributed by atoms with E-state index in [0.29, 0.717) is 0 Å². The predicted molar refractivity (Wildman–Crippen MR) is 47.8 cm³/mol. The van der Waals surface area contributed by atoms with Gasteiger partial charge in [0.2, 0.25) is 5.91 Å². The monoisotopic (exact) mass is 184 g/mol. The van der Waals surface area contributed by atoms with Crippen molar-refractivity contribution in [3.05, 3.63) is 0 Å². The van der Waals surface area contributed by atoms with E-state index in [9.17, 15) is 4.79 Å². The average molecular weight is 184 g/mol. The standard InChI is InChI=1S/C9H16N2O2/c1-5-6-2-11(3-7(5)6)8(4-12)9(10)13/h5-8,12H,2-4H2,1H3,(H2,10,13). The summed E-state index contributed by atoms with van der Waals surface area (Å²) in [4.78, 5) is 13.0. The van der Waals surface area contributed by atoms with Gasteiger partial charge in [-0.05, 0) is 17.8 Å². The first-order valence-corrected chi connectivity index (χ1v) is 4.79. The van der Waals surface area contributed by atoms with E-state index in [0.717, 1.165) is 30.8 Å². The van der Waals surface area contributed by atoms with Crippen molar-refractivity contribution >= 4 is 5.91 Å². The maximum atomic E-state index is 10.9. The second-order valence-corrected chi connectivity index (χ2v) is 4.24. The molecule has 3 atom stereocenters. The number of primary amides is 1. The molecule has 2 rings (SSSR count). The van der Waals surface area contributed by atoms with Crippen LogP contribution in [-0.4, -0.2) is 41.7 Å². The van der Waals surface area contributed by atoms with Crippen LogP contribution in [0.25, 0.3) is 0 Å². The molecule has 0 spiro atoms. The van der Waals surface area contributed by atoms with Crippen molar-refractivity contribution in [1.82, 2.24) is 4.90 Å². The lowest BCUT2D eigenvalue weighted by atomic mass is 10.2. The summed E-state index contributed by atoms with van der Waals surface area (Å²) < 4.78 is 0. The molecule has 4 nitrogen and oxygen atoms in total. The van der Waals surface area contributed by atoms with E-state index in [1.807, 2.05) is 4.90 Å². The smallest absolute Gasteiger partial charge is 0.237 e. The zero-order chi connectivity index (χ0) is 9.59. The number of nitrogens with zero attached hydrogens (tertiary/aromatic N) is 1. The van der Waals surface area contributed by atoms with Crippen LogP contribution in [-0.2, 0) is 4.79 Å². The number of aliphatic hydroxyl groups is 1. The van der Waals surface area contributed by atoms with Crippen LogP contribution in [0.5, 0.6) is 0 Å². The Kier molecular flexibility index (Phi) is 2.04. The van der Waals surface area contributed by atoms with E-state index in [2.05, 4.69) is 6.92 Å². The average Bonchev–Trinajstić information content (AvgIpc) is 2.54. The van der Waals surface area contributed by atoms with E-state index >= 15 is 0 Å². The van der Waals surface area contributed by atoms with Crippen molar-refractivity contribution in [3.8, 4) is 0 Å². The molecule has 4 heteroatoms. The fourth-order valence-electron chi connectivity index (χ4n) is 2.50. The van der Waals surface area contributed by atoms with Crippen LogP contribution in [0.15, 0.2) is 0 Å². The van der Waals surface area contributed by atoms with Crippen molar-refractivity contribution in [1.29, 1.82) is 0 Å². The molecule has 0 radical (unpaired) electrons. The lowest BCUT2D eigenvalue weighted by Gasteiger charge is -2.25. The largest absolute Gasteiger partial charge is 0.394 e. The van der Waals surface area contributed by atoms with Gasteiger partial charge in [0, 0.05) is 13.1 Å². The third-order valence-corrected chi connectivity index (χ3v) is 3.59. The fourth-order valence-corrected chi connectivity index (χ4v) is 2.50. The molecule has 2 aliphatic rings. The van der Waals surface area contributed by atoms with E-state index in [1.54, 1.807) is 0 Å². The number of nitrogens with two attached hydrogens (primary N) is 1. The summed E-state index contributed by atoms with van der Waals surface area (Å²) in [5.74, 6) is 1.89. The molecule has 1 aliphatic heterocycles. The summed E-state index contributed by atoms with van der Waals surface area (Å²) in [6.07, 6.45) is 0. The Hall–Kier alpha value is -0.610. The van der Waals surface area contributed by atoms with Crippen LogP contribution in [0.2, 0.25) is 0 Å². The molecule has 3 unspecified atom stereocenters. The Morgan fingerprint density at radius 2 is 2.15 bits per heavy atom. The normalized spacial score (nSPS) is 40.0. The van der Waals surface area contributed by atoms with E-state index < -0.39 is 11.9 Å². The highest BCUT2D eigenvalue weighted by atomic mass is 16.3. The number of piperidine rings is 1. The number of likely N-dealkylation sites (tertiary alicyclic amines) is 1. The topological polar surface area (TPSA) is 66.6 Å². The summed E-state index contributed by atoms with van der Waals surface area (Å²) in [6.45, 7) is 3.95. The minimum Gasteiger partial charge on any atom is -0.394 e. The number of rotatable bonds is 3. The van der Waals surface area contributed by atoms with Gasteiger partial charge in [-0.25, -0.2) is 0 Å². The summed E-state index contributed by atoms with van der Waals surface area (Å²) in [6, 6.07) is -0.458. The number of hydrogen-bond acceptors (Lipinski definition) is 3. The number of carbonyl (C=O) groups is 1. The van der Waals surface area contributed by atoms with Gasteiger partial charge in [-0.2, -0.15) is 0 Å². The highest BCUT2D eigenvalue weighted by Gasteiger charge is 2.54. The van der Waals surface area contributed by atoms with E-state index in [-0.39, 0.29) is 6.61 Å². The first-order valence-electron chi connectivity index (χ1n) is 4.79. The quantitative estimate of drug-likeness (QED) is 0.593. The SMILES string of the molecule is CC1C2CN(C(CO)C(N)=O)CC12. The number of aliphatic hydroxyl groups excluding tert-OH is 1. The van der Waals surface area contributed by atoms with E-state index in [1.165, 1.54) is 0 Å². The van der Waals surface area contributed by atoms with Crippen LogP contribution < -0.4 is 5.73 Å². The molecule has 74 valence electrons. The van der Waals surface area contributed by atoms with Gasteiger partial charge >= 0.3 is 0 Å². The molecular weight excluding hydrogens is 168 g/mol. The molecule has 1 saturated carbocycles. The minimum absolute atomic E-state index is 0.150. The van der Waals surface area contributed by atoms with Crippen molar-refractivity contribution in [2.24, 2.45) is 23.5 Å². The Morgan fingerprint density at radius 1 is 1.62 bits per heavy atom. The highest BCUT2D eigenvalue weighted by Crippen LogP contribution is 2.51. The van der Waals surface area contributed by atoms with Crippen LogP contribution in [0.4, 0.5) is 0 Å². The van der Waals surface area contributed by atoms with Crippen molar-refractivity contribution < 1.29 is 9.90 Å².